The molecule has 3 aromatic rings. The summed E-state index contributed by atoms with van der Waals surface area (Å²) in [5.41, 5.74) is 3.40. The number of rotatable bonds is 2. The van der Waals surface area contributed by atoms with E-state index in [1.807, 2.05) is 31.2 Å². The van der Waals surface area contributed by atoms with Gasteiger partial charge < -0.3 is 5.11 Å². The largest absolute Gasteiger partial charge is 0.478 e. The van der Waals surface area contributed by atoms with Crippen LogP contribution < -0.4 is 0 Å². The van der Waals surface area contributed by atoms with E-state index >= 15 is 0 Å². The number of benzene rings is 2. The smallest absolute Gasteiger partial charge is 0.336 e. The number of hydrogen-bond donors (Lipinski definition) is 1. The van der Waals surface area contributed by atoms with Gasteiger partial charge in [-0.25, -0.2) is 9.78 Å². The van der Waals surface area contributed by atoms with E-state index in [1.165, 1.54) is 0 Å². The predicted molar refractivity (Wildman–Crippen MR) is 83.9 cm³/mol. The van der Waals surface area contributed by atoms with Crippen LogP contribution in [-0.4, -0.2) is 16.1 Å². The van der Waals surface area contributed by atoms with Gasteiger partial charge in [-0.3, -0.25) is 0 Å². The summed E-state index contributed by atoms with van der Waals surface area (Å²) in [6, 6.07) is 14.6. The molecule has 0 saturated carbocycles. The number of pyridine rings is 1. The van der Waals surface area contributed by atoms with Crippen molar-refractivity contribution in [1.82, 2.24) is 4.98 Å². The van der Waals surface area contributed by atoms with Crippen molar-refractivity contribution >= 4 is 28.5 Å². The van der Waals surface area contributed by atoms with E-state index in [4.69, 9.17) is 11.6 Å². The number of aromatic nitrogens is 1. The Bertz CT molecular complexity index is 841. The van der Waals surface area contributed by atoms with Crippen LogP contribution in [0.25, 0.3) is 22.2 Å². The van der Waals surface area contributed by atoms with Crippen molar-refractivity contribution in [1.29, 1.82) is 0 Å². The molecule has 1 heterocycles. The minimum atomic E-state index is -1.01. The maximum Gasteiger partial charge on any atom is 0.336 e. The Morgan fingerprint density at radius 3 is 2.52 bits per heavy atom. The molecule has 0 amide bonds. The third-order valence-corrected chi connectivity index (χ3v) is 3.68. The van der Waals surface area contributed by atoms with E-state index in [2.05, 4.69) is 4.98 Å². The van der Waals surface area contributed by atoms with Crippen LogP contribution in [-0.2, 0) is 0 Å². The lowest BCUT2D eigenvalue weighted by Crippen LogP contribution is -2.00. The first-order chi connectivity index (χ1) is 10.1. The molecule has 3 nitrogen and oxygen atoms in total. The lowest BCUT2D eigenvalue weighted by atomic mass is 10.0. The summed E-state index contributed by atoms with van der Waals surface area (Å²) in [4.78, 5) is 16.0. The molecule has 0 saturated heterocycles. The van der Waals surface area contributed by atoms with Gasteiger partial charge in [0.15, 0.2) is 0 Å². The van der Waals surface area contributed by atoms with Gasteiger partial charge in [-0.15, -0.1) is 0 Å². The Labute approximate surface area is 126 Å². The highest BCUT2D eigenvalue weighted by Gasteiger charge is 2.15. The molecule has 0 aliphatic carbocycles. The van der Waals surface area contributed by atoms with Crippen LogP contribution >= 0.6 is 11.6 Å². The van der Waals surface area contributed by atoms with Gasteiger partial charge in [0.05, 0.1) is 21.8 Å². The average molecular weight is 298 g/mol. The first-order valence-corrected chi connectivity index (χ1v) is 6.83. The minimum absolute atomic E-state index is 0.168. The third-order valence-electron chi connectivity index (χ3n) is 3.36. The lowest BCUT2D eigenvalue weighted by Gasteiger charge is -2.08. The Morgan fingerprint density at radius 2 is 1.86 bits per heavy atom. The SMILES string of the molecule is Cc1ccc(-c2cc(C(=O)O)c3c(Cl)cccc3n2)cc1. The monoisotopic (exact) mass is 297 g/mol. The predicted octanol–water partition coefficient (Wildman–Crippen LogP) is 4.56. The second-order valence-corrected chi connectivity index (χ2v) is 5.27. The summed E-state index contributed by atoms with van der Waals surface area (Å²) < 4.78 is 0. The summed E-state index contributed by atoms with van der Waals surface area (Å²) in [6.07, 6.45) is 0. The molecule has 0 aliphatic heterocycles. The fourth-order valence-electron chi connectivity index (χ4n) is 2.28. The molecule has 0 fully saturated rings. The zero-order chi connectivity index (χ0) is 15.0. The summed E-state index contributed by atoms with van der Waals surface area (Å²) in [5.74, 6) is -1.01. The van der Waals surface area contributed by atoms with Gasteiger partial charge in [-0.1, -0.05) is 47.5 Å². The van der Waals surface area contributed by atoms with E-state index in [0.29, 0.717) is 21.6 Å². The molecule has 1 aromatic heterocycles. The van der Waals surface area contributed by atoms with Crippen LogP contribution in [0.2, 0.25) is 5.02 Å². The van der Waals surface area contributed by atoms with E-state index < -0.39 is 5.97 Å². The van der Waals surface area contributed by atoms with Gasteiger partial charge in [-0.2, -0.15) is 0 Å². The van der Waals surface area contributed by atoms with Gasteiger partial charge in [0.1, 0.15) is 0 Å². The molecule has 2 aromatic carbocycles. The van der Waals surface area contributed by atoms with Gasteiger partial charge in [-0.05, 0) is 25.1 Å². The molecule has 0 spiro atoms. The number of aryl methyl sites for hydroxylation is 1. The molecule has 4 heteroatoms. The Balaban J connectivity index is 2.31. The second-order valence-electron chi connectivity index (χ2n) is 4.86. The van der Waals surface area contributed by atoms with Crippen molar-refractivity contribution in [3.05, 3.63) is 64.7 Å². The zero-order valence-electron chi connectivity index (χ0n) is 11.3. The molecule has 0 radical (unpaired) electrons. The van der Waals surface area contributed by atoms with Gasteiger partial charge in [0.25, 0.3) is 0 Å². The first-order valence-electron chi connectivity index (χ1n) is 6.46. The Kier molecular flexibility index (Phi) is 3.35. The number of carboxylic acid groups (broad SMARTS) is 1. The van der Waals surface area contributed by atoms with E-state index in [1.54, 1.807) is 24.3 Å². The van der Waals surface area contributed by atoms with Crippen molar-refractivity contribution in [3.8, 4) is 11.3 Å². The van der Waals surface area contributed by atoms with Crippen LogP contribution in [0, 0.1) is 6.92 Å². The quantitative estimate of drug-likeness (QED) is 0.754. The second kappa shape index (κ2) is 5.19. The zero-order valence-corrected chi connectivity index (χ0v) is 12.1. The van der Waals surface area contributed by atoms with E-state index in [-0.39, 0.29) is 5.56 Å². The van der Waals surface area contributed by atoms with Gasteiger partial charge in [0.2, 0.25) is 0 Å². The maximum absolute atomic E-state index is 11.5. The number of halogens is 1. The van der Waals surface area contributed by atoms with Gasteiger partial charge in [0, 0.05) is 10.9 Å². The Hall–Kier alpha value is -2.39. The highest BCUT2D eigenvalue weighted by Crippen LogP contribution is 2.29. The fraction of sp³-hybridized carbons (Fsp3) is 0.0588. The molecule has 0 unspecified atom stereocenters. The number of carboxylic acids is 1. The molecular weight excluding hydrogens is 286 g/mol. The number of hydrogen-bond acceptors (Lipinski definition) is 2. The van der Waals surface area contributed by atoms with Crippen LogP contribution in [0.1, 0.15) is 15.9 Å². The minimum Gasteiger partial charge on any atom is -0.478 e. The molecule has 0 atom stereocenters. The fourth-order valence-corrected chi connectivity index (χ4v) is 2.56. The molecule has 0 aliphatic rings. The van der Waals surface area contributed by atoms with E-state index in [0.717, 1.165) is 11.1 Å². The third kappa shape index (κ3) is 2.48. The van der Waals surface area contributed by atoms with Crippen LogP contribution in [0.5, 0.6) is 0 Å². The van der Waals surface area contributed by atoms with Crippen molar-refractivity contribution in [2.24, 2.45) is 0 Å². The topological polar surface area (TPSA) is 50.2 Å². The Morgan fingerprint density at radius 1 is 1.14 bits per heavy atom. The summed E-state index contributed by atoms with van der Waals surface area (Å²) in [5, 5.41) is 10.3. The molecular formula is C17H12ClNO2. The van der Waals surface area contributed by atoms with E-state index in [9.17, 15) is 9.90 Å². The summed E-state index contributed by atoms with van der Waals surface area (Å²) in [7, 11) is 0. The molecule has 3 rings (SSSR count). The summed E-state index contributed by atoms with van der Waals surface area (Å²) >= 11 is 6.12. The summed E-state index contributed by atoms with van der Waals surface area (Å²) in [6.45, 7) is 2.00. The standard InChI is InChI=1S/C17H12ClNO2/c1-10-5-7-11(8-6-10)15-9-12(17(20)21)16-13(18)3-2-4-14(16)19-15/h2-9H,1H3,(H,20,21). The number of fused-ring (bicyclic) bond motifs is 1. The first kappa shape index (κ1) is 13.6. The highest BCUT2D eigenvalue weighted by molar-refractivity contribution is 6.36. The van der Waals surface area contributed by atoms with Crippen LogP contribution in [0.15, 0.2) is 48.5 Å². The number of nitrogens with zero attached hydrogens (tertiary/aromatic N) is 1. The molecule has 0 bridgehead atoms. The van der Waals surface area contributed by atoms with Crippen LogP contribution in [0.4, 0.5) is 0 Å². The molecule has 1 N–H and O–H groups in total. The van der Waals surface area contributed by atoms with Crippen molar-refractivity contribution < 1.29 is 9.90 Å². The van der Waals surface area contributed by atoms with Crippen LogP contribution in [0.3, 0.4) is 0 Å². The molecule has 104 valence electrons. The van der Waals surface area contributed by atoms with Gasteiger partial charge >= 0.3 is 5.97 Å². The normalized spacial score (nSPS) is 10.8. The van der Waals surface area contributed by atoms with Crippen molar-refractivity contribution in [2.75, 3.05) is 0 Å². The highest BCUT2D eigenvalue weighted by atomic mass is 35.5. The van der Waals surface area contributed by atoms with Crippen molar-refractivity contribution in [3.63, 3.8) is 0 Å². The maximum atomic E-state index is 11.5. The number of aromatic carboxylic acids is 1. The van der Waals surface area contributed by atoms with Crippen molar-refractivity contribution in [2.45, 2.75) is 6.92 Å². The lowest BCUT2D eigenvalue weighted by molar-refractivity contribution is 0.0699. The number of carbonyl (C=O) groups is 1. The molecule has 21 heavy (non-hydrogen) atoms. The average Bonchev–Trinajstić information content (AvgIpc) is 2.47.